The molecule has 0 saturated carbocycles. The minimum Gasteiger partial charge on any atom is -0.443 e. The number of hydrogen-bond donors (Lipinski definition) is 3. The molecule has 2 aromatic heterocycles. The van der Waals surface area contributed by atoms with Crippen LogP contribution in [0.2, 0.25) is 0 Å². The summed E-state index contributed by atoms with van der Waals surface area (Å²) in [5.41, 5.74) is 9.03. The van der Waals surface area contributed by atoms with Gasteiger partial charge in [0.15, 0.2) is 5.95 Å². The molecule has 7 nitrogen and oxygen atoms in total. The number of rotatable bonds is 1. The average molecular weight is 353 g/mol. The molecule has 0 bridgehead atoms. The molecule has 1 unspecified atom stereocenters. The van der Waals surface area contributed by atoms with Crippen molar-refractivity contribution in [2.45, 2.75) is 38.8 Å². The summed E-state index contributed by atoms with van der Waals surface area (Å²) in [6.07, 6.45) is 2.30. The van der Waals surface area contributed by atoms with E-state index in [1.54, 1.807) is 4.57 Å². The zero-order valence-corrected chi connectivity index (χ0v) is 15.2. The molecule has 0 amide bonds. The maximum absolute atomic E-state index is 12.7. The summed E-state index contributed by atoms with van der Waals surface area (Å²) in [4.78, 5) is 20.3. The van der Waals surface area contributed by atoms with Gasteiger partial charge in [0.1, 0.15) is 5.60 Å². The monoisotopic (exact) mass is 353 g/mol. The second-order valence-corrected chi connectivity index (χ2v) is 7.57. The van der Waals surface area contributed by atoms with Gasteiger partial charge >= 0.3 is 6.09 Å². The summed E-state index contributed by atoms with van der Waals surface area (Å²) in [6, 6.07) is 7.69. The summed E-state index contributed by atoms with van der Waals surface area (Å²) in [7, 11) is 0. The SMILES string of the molecule is CC(C)(C)OC(=O)n1cc(C2NCCc3[nH]c(N)nc32)c2ccccc21. The van der Waals surface area contributed by atoms with Crippen LogP contribution >= 0.6 is 0 Å². The molecule has 1 aromatic carbocycles. The molecule has 0 fully saturated rings. The molecule has 1 atom stereocenters. The molecule has 4 rings (SSSR count). The van der Waals surface area contributed by atoms with Gasteiger partial charge in [0, 0.05) is 35.8 Å². The van der Waals surface area contributed by atoms with Crippen molar-refractivity contribution < 1.29 is 9.53 Å². The lowest BCUT2D eigenvalue weighted by molar-refractivity contribution is 0.0544. The second kappa shape index (κ2) is 5.88. The van der Waals surface area contributed by atoms with Crippen LogP contribution in [0.25, 0.3) is 10.9 Å². The minimum absolute atomic E-state index is 0.124. The fourth-order valence-electron chi connectivity index (χ4n) is 3.47. The van der Waals surface area contributed by atoms with E-state index < -0.39 is 11.7 Å². The number of para-hydroxylation sites is 1. The number of carbonyl (C=O) groups is 1. The standard InChI is InChI=1S/C19H23N5O2/c1-19(2,3)26-18(25)24-10-12(11-6-4-5-7-14(11)24)15-16-13(8-9-21-15)22-17(20)23-16/h4-7,10,15,21H,8-9H2,1-3H3,(H3,20,22,23). The molecule has 0 radical (unpaired) electrons. The van der Waals surface area contributed by atoms with Crippen molar-refractivity contribution in [1.82, 2.24) is 19.9 Å². The number of benzene rings is 1. The first-order valence-corrected chi connectivity index (χ1v) is 8.74. The van der Waals surface area contributed by atoms with Crippen molar-refractivity contribution in [2.24, 2.45) is 0 Å². The largest absolute Gasteiger partial charge is 0.443 e. The molecule has 0 spiro atoms. The highest BCUT2D eigenvalue weighted by Crippen LogP contribution is 2.34. The van der Waals surface area contributed by atoms with Crippen LogP contribution in [0.4, 0.5) is 10.7 Å². The number of nitrogens with one attached hydrogen (secondary N) is 2. The maximum atomic E-state index is 12.7. The molecule has 4 N–H and O–H groups in total. The second-order valence-electron chi connectivity index (χ2n) is 7.57. The number of ether oxygens (including phenoxy) is 1. The van der Waals surface area contributed by atoms with Crippen LogP contribution < -0.4 is 11.1 Å². The summed E-state index contributed by atoms with van der Waals surface area (Å²) in [5.74, 6) is 0.416. The van der Waals surface area contributed by atoms with Crippen molar-refractivity contribution in [3.8, 4) is 0 Å². The number of nitrogens with zero attached hydrogens (tertiary/aromatic N) is 2. The van der Waals surface area contributed by atoms with Crippen molar-refractivity contribution in [1.29, 1.82) is 0 Å². The van der Waals surface area contributed by atoms with E-state index in [4.69, 9.17) is 10.5 Å². The predicted octanol–water partition coefficient (Wildman–Crippen LogP) is 2.96. The van der Waals surface area contributed by atoms with Gasteiger partial charge < -0.3 is 20.8 Å². The molecule has 0 saturated heterocycles. The first kappa shape index (κ1) is 16.7. The first-order chi connectivity index (χ1) is 12.3. The minimum atomic E-state index is -0.560. The topological polar surface area (TPSA) is 98.0 Å². The lowest BCUT2D eigenvalue weighted by atomic mass is 9.97. The van der Waals surface area contributed by atoms with Crippen molar-refractivity contribution in [2.75, 3.05) is 12.3 Å². The molecule has 3 aromatic rings. The molecule has 1 aliphatic rings. The van der Waals surface area contributed by atoms with E-state index in [-0.39, 0.29) is 6.04 Å². The number of carbonyl (C=O) groups excluding carboxylic acids is 1. The first-order valence-electron chi connectivity index (χ1n) is 8.74. The van der Waals surface area contributed by atoms with Crippen LogP contribution in [0.1, 0.15) is 43.8 Å². The van der Waals surface area contributed by atoms with Gasteiger partial charge in [-0.05, 0) is 26.8 Å². The third-order valence-electron chi connectivity index (χ3n) is 4.47. The molecule has 136 valence electrons. The number of anilines is 1. The zero-order valence-electron chi connectivity index (χ0n) is 15.2. The van der Waals surface area contributed by atoms with E-state index in [9.17, 15) is 4.79 Å². The van der Waals surface area contributed by atoms with Gasteiger partial charge in [-0.15, -0.1) is 0 Å². The van der Waals surface area contributed by atoms with E-state index >= 15 is 0 Å². The molecular weight excluding hydrogens is 330 g/mol. The number of imidazole rings is 1. The molecule has 1 aliphatic heterocycles. The quantitative estimate of drug-likeness (QED) is 0.625. The van der Waals surface area contributed by atoms with Gasteiger partial charge in [0.2, 0.25) is 0 Å². The Kier molecular flexibility index (Phi) is 3.77. The maximum Gasteiger partial charge on any atom is 0.419 e. The molecule has 26 heavy (non-hydrogen) atoms. The Morgan fingerprint density at radius 3 is 2.88 bits per heavy atom. The van der Waals surface area contributed by atoms with Crippen LogP contribution in [-0.4, -0.2) is 32.8 Å². The number of aromatic amines is 1. The Balaban J connectivity index is 1.84. The van der Waals surface area contributed by atoms with Gasteiger partial charge in [0.25, 0.3) is 0 Å². The molecule has 3 heterocycles. The Morgan fingerprint density at radius 2 is 2.12 bits per heavy atom. The smallest absolute Gasteiger partial charge is 0.419 e. The Morgan fingerprint density at radius 1 is 1.35 bits per heavy atom. The summed E-state index contributed by atoms with van der Waals surface area (Å²) < 4.78 is 7.14. The number of fused-ring (bicyclic) bond motifs is 2. The fraction of sp³-hybridized carbons (Fsp3) is 0.368. The number of H-pyrrole nitrogens is 1. The van der Waals surface area contributed by atoms with Crippen LogP contribution in [0.3, 0.4) is 0 Å². The third kappa shape index (κ3) is 2.84. The molecular formula is C19H23N5O2. The van der Waals surface area contributed by atoms with E-state index in [0.717, 1.165) is 40.8 Å². The summed E-state index contributed by atoms with van der Waals surface area (Å²) in [5, 5.41) is 4.49. The van der Waals surface area contributed by atoms with E-state index in [1.807, 2.05) is 51.2 Å². The van der Waals surface area contributed by atoms with Gasteiger partial charge in [0.05, 0.1) is 17.3 Å². The number of nitrogen functional groups attached to an aromatic ring is 1. The van der Waals surface area contributed by atoms with Crippen LogP contribution in [0.15, 0.2) is 30.5 Å². The third-order valence-corrected chi connectivity index (χ3v) is 4.47. The van der Waals surface area contributed by atoms with Gasteiger partial charge in [-0.1, -0.05) is 18.2 Å². The van der Waals surface area contributed by atoms with E-state index in [2.05, 4.69) is 15.3 Å². The van der Waals surface area contributed by atoms with Crippen molar-refractivity contribution in [3.05, 3.63) is 47.4 Å². The van der Waals surface area contributed by atoms with Gasteiger partial charge in [-0.3, -0.25) is 4.57 Å². The van der Waals surface area contributed by atoms with E-state index in [1.165, 1.54) is 0 Å². The van der Waals surface area contributed by atoms with Crippen LogP contribution in [0.5, 0.6) is 0 Å². The lowest BCUT2D eigenvalue weighted by Crippen LogP contribution is -2.30. The van der Waals surface area contributed by atoms with Gasteiger partial charge in [-0.25, -0.2) is 9.78 Å². The Labute approximate surface area is 151 Å². The van der Waals surface area contributed by atoms with E-state index in [0.29, 0.717) is 5.95 Å². The fourth-order valence-corrected chi connectivity index (χ4v) is 3.47. The lowest BCUT2D eigenvalue weighted by Gasteiger charge is -2.22. The highest BCUT2D eigenvalue weighted by molar-refractivity contribution is 5.92. The Bertz CT molecular complexity index is 980. The zero-order chi connectivity index (χ0) is 18.5. The number of hydrogen-bond acceptors (Lipinski definition) is 5. The average Bonchev–Trinajstić information content (AvgIpc) is 3.12. The highest BCUT2D eigenvalue weighted by Gasteiger charge is 2.29. The molecule has 0 aliphatic carbocycles. The molecule has 7 heteroatoms. The van der Waals surface area contributed by atoms with Gasteiger partial charge in [-0.2, -0.15) is 0 Å². The van der Waals surface area contributed by atoms with Crippen LogP contribution in [-0.2, 0) is 11.2 Å². The number of nitrogens with two attached hydrogens (primary N) is 1. The van der Waals surface area contributed by atoms with Crippen molar-refractivity contribution in [3.63, 3.8) is 0 Å². The number of aromatic nitrogens is 3. The highest BCUT2D eigenvalue weighted by atomic mass is 16.6. The van der Waals surface area contributed by atoms with Crippen LogP contribution in [0, 0.1) is 0 Å². The normalized spacial score (nSPS) is 17.3. The predicted molar refractivity (Wildman–Crippen MR) is 100 cm³/mol. The van der Waals surface area contributed by atoms with Crippen molar-refractivity contribution >= 4 is 22.9 Å². The summed E-state index contributed by atoms with van der Waals surface area (Å²) >= 11 is 0. The Hall–Kier alpha value is -2.80. The summed E-state index contributed by atoms with van der Waals surface area (Å²) in [6.45, 7) is 6.39.